The van der Waals surface area contributed by atoms with Crippen LogP contribution in [-0.4, -0.2) is 38.8 Å². The third-order valence-corrected chi connectivity index (χ3v) is 4.12. The van der Waals surface area contributed by atoms with E-state index < -0.39 is 10.0 Å². The molecule has 0 atom stereocenters. The molecule has 0 saturated carbocycles. The smallest absolute Gasteiger partial charge is 0.250 e. The van der Waals surface area contributed by atoms with Crippen molar-refractivity contribution in [3.63, 3.8) is 0 Å². The molecule has 6 heteroatoms. The third kappa shape index (κ3) is 4.24. The first-order chi connectivity index (χ1) is 9.88. The van der Waals surface area contributed by atoms with Crippen molar-refractivity contribution in [2.24, 2.45) is 4.40 Å². The van der Waals surface area contributed by atoms with E-state index in [-0.39, 0.29) is 0 Å². The molecule has 1 aromatic carbocycles. The molecule has 0 aliphatic rings. The van der Waals surface area contributed by atoms with Gasteiger partial charge in [0.15, 0.2) is 0 Å². The van der Waals surface area contributed by atoms with E-state index in [1.807, 2.05) is 0 Å². The first-order valence-electron chi connectivity index (χ1n) is 8.00. The molecular formula is C16H31N3O2S. The Kier molecular flexibility index (Phi) is 5.71. The monoisotopic (exact) mass is 329 g/mol. The second-order valence-corrected chi connectivity index (χ2v) is 8.71. The predicted molar refractivity (Wildman–Crippen MR) is 94.7 cm³/mol. The fraction of sp³-hybridized carbons (Fsp3) is 0.812. The van der Waals surface area contributed by atoms with Crippen molar-refractivity contribution in [2.45, 2.75) is 79.6 Å². The Balaban J connectivity index is 3.49. The van der Waals surface area contributed by atoms with Crippen molar-refractivity contribution in [3.05, 3.63) is 5.36 Å². The van der Waals surface area contributed by atoms with Crippen molar-refractivity contribution in [1.82, 2.24) is 0 Å². The summed E-state index contributed by atoms with van der Waals surface area (Å²) in [5.74, 6) is 0. The van der Waals surface area contributed by atoms with Gasteiger partial charge in [-0.25, -0.2) is 8.42 Å². The zero-order valence-electron chi connectivity index (χ0n) is 15.4. The number of nitrogens with zero attached hydrogens (tertiary/aromatic N) is 3. The van der Waals surface area contributed by atoms with Crippen LogP contribution < -0.4 is 15.2 Å². The lowest BCUT2D eigenvalue weighted by Gasteiger charge is -2.33. The summed E-state index contributed by atoms with van der Waals surface area (Å²) in [6.45, 7) is 17.0. The normalized spacial score (nSPS) is 13.0. The van der Waals surface area contributed by atoms with E-state index in [9.17, 15) is 8.42 Å². The Morgan fingerprint density at radius 2 is 1.00 bits per heavy atom. The molecule has 0 radical (unpaired) electrons. The highest BCUT2D eigenvalue weighted by atomic mass is 32.2. The highest BCUT2D eigenvalue weighted by Gasteiger charge is 2.35. The summed E-state index contributed by atoms with van der Waals surface area (Å²) >= 11 is 0. The van der Waals surface area contributed by atoms with Crippen molar-refractivity contribution < 1.29 is 8.42 Å². The number of sulfonamides is 1. The lowest BCUT2D eigenvalue weighted by Crippen LogP contribution is -2.38. The summed E-state index contributed by atoms with van der Waals surface area (Å²) in [6, 6.07) is 1.16. The maximum atomic E-state index is 11.6. The molecule has 0 heterocycles. The van der Waals surface area contributed by atoms with Gasteiger partial charge in [0.25, 0.3) is 10.0 Å². The maximum Gasteiger partial charge on any atom is 0.250 e. The van der Waals surface area contributed by atoms with Gasteiger partial charge >= 0.3 is 0 Å². The summed E-state index contributed by atoms with van der Waals surface area (Å²) in [5, 5.41) is 0.632. The Bertz CT molecular complexity index is 569. The van der Waals surface area contributed by atoms with Gasteiger partial charge in [0.2, 0.25) is 0 Å². The summed E-state index contributed by atoms with van der Waals surface area (Å²) < 4.78 is 27.3. The molecule has 0 aliphatic carbocycles. The molecule has 22 heavy (non-hydrogen) atoms. The van der Waals surface area contributed by atoms with E-state index in [1.54, 1.807) is 0 Å². The Labute approximate surface area is 135 Å². The average molecular weight is 330 g/mol. The molecule has 0 N–H and O–H groups in total. The molecule has 0 fully saturated rings. The van der Waals surface area contributed by atoms with Crippen molar-refractivity contribution >= 4 is 21.4 Å². The fourth-order valence-corrected chi connectivity index (χ4v) is 3.63. The van der Waals surface area contributed by atoms with E-state index in [2.05, 4.69) is 69.6 Å². The number of hydrogen-bond donors (Lipinski definition) is 0. The summed E-state index contributed by atoms with van der Waals surface area (Å²) in [5.41, 5.74) is 1.97. The summed E-state index contributed by atoms with van der Waals surface area (Å²) in [6.07, 6.45) is 1.15. The van der Waals surface area contributed by atoms with E-state index in [0.717, 1.165) is 17.6 Å². The molecule has 5 nitrogen and oxygen atoms in total. The molecule has 0 aliphatic heterocycles. The Morgan fingerprint density at radius 3 is 1.18 bits per heavy atom. The van der Waals surface area contributed by atoms with Crippen molar-refractivity contribution in [1.29, 1.82) is 0 Å². The predicted octanol–water partition coefficient (Wildman–Crippen LogP) is 2.67. The summed E-state index contributed by atoms with van der Waals surface area (Å²) in [4.78, 5) is 4.49. The van der Waals surface area contributed by atoms with Gasteiger partial charge in [0.1, 0.15) is 5.36 Å². The van der Waals surface area contributed by atoms with E-state index >= 15 is 0 Å². The average Bonchev–Trinajstić information content (AvgIpc) is 2.87. The van der Waals surface area contributed by atoms with E-state index in [0.29, 0.717) is 29.5 Å². The van der Waals surface area contributed by atoms with Gasteiger partial charge in [-0.3, -0.25) is 0 Å². The molecule has 0 aromatic heterocycles. The van der Waals surface area contributed by atoms with Crippen molar-refractivity contribution in [3.8, 4) is 0 Å². The van der Waals surface area contributed by atoms with E-state index in [1.165, 1.54) is 0 Å². The molecule has 0 bridgehead atoms. The topological polar surface area (TPSA) is 53.0 Å². The minimum Gasteiger partial charge on any atom is -0.363 e. The zero-order valence-corrected chi connectivity index (χ0v) is 16.2. The number of rotatable bonds is 7. The van der Waals surface area contributed by atoms with Gasteiger partial charge in [-0.2, -0.15) is 4.40 Å². The van der Waals surface area contributed by atoms with Crippen LogP contribution in [0.2, 0.25) is 0 Å². The molecule has 1 rings (SSSR count). The Morgan fingerprint density at radius 1 is 0.727 bits per heavy atom. The van der Waals surface area contributed by atoms with Gasteiger partial charge in [0, 0.05) is 24.2 Å². The lowest BCUT2D eigenvalue weighted by atomic mass is 10.2. The second kappa shape index (κ2) is 6.60. The fourth-order valence-electron chi connectivity index (χ4n) is 3.13. The van der Waals surface area contributed by atoms with Gasteiger partial charge in [-0.15, -0.1) is 0 Å². The van der Waals surface area contributed by atoms with Gasteiger partial charge in [-0.05, 0) is 55.4 Å². The van der Waals surface area contributed by atoms with Crippen LogP contribution in [0.5, 0.6) is 0 Å². The SMILES string of the molecule is CC(C)N(c1c(N(C(C)C)C(C)C)c1=NS(C)(=O)=O)C(C)C. The van der Waals surface area contributed by atoms with Gasteiger partial charge in [0.05, 0.1) is 17.6 Å². The van der Waals surface area contributed by atoms with Crippen LogP contribution in [0.3, 0.4) is 0 Å². The first-order valence-corrected chi connectivity index (χ1v) is 9.84. The first kappa shape index (κ1) is 19.0. The van der Waals surface area contributed by atoms with Crippen LogP contribution >= 0.6 is 0 Å². The van der Waals surface area contributed by atoms with Crippen LogP contribution in [0.4, 0.5) is 11.4 Å². The number of anilines is 2. The van der Waals surface area contributed by atoms with Crippen LogP contribution in [0.15, 0.2) is 4.40 Å². The van der Waals surface area contributed by atoms with Crippen LogP contribution in [0, 0.1) is 0 Å². The van der Waals surface area contributed by atoms with Crippen LogP contribution in [0.25, 0.3) is 0 Å². The highest BCUT2D eigenvalue weighted by molar-refractivity contribution is 7.89. The van der Waals surface area contributed by atoms with Gasteiger partial charge < -0.3 is 9.80 Å². The van der Waals surface area contributed by atoms with Crippen molar-refractivity contribution in [2.75, 3.05) is 16.1 Å². The minimum absolute atomic E-state index is 0.290. The Hall–Kier alpha value is -1.04. The molecule has 0 amide bonds. The lowest BCUT2D eigenvalue weighted by molar-refractivity contribution is 0.598. The molecule has 1 aromatic rings. The van der Waals surface area contributed by atoms with E-state index in [4.69, 9.17) is 0 Å². The minimum atomic E-state index is -3.40. The quantitative estimate of drug-likeness (QED) is 0.772. The second-order valence-electron chi connectivity index (χ2n) is 7.06. The molecule has 0 saturated heterocycles. The standard InChI is InChI=1S/C16H31N3O2S/c1-10(2)18(11(3)4)15-14(17-22(9,20)21)16(15)19(12(5)6)13(7)8/h10-13H,1-9H3. The maximum absolute atomic E-state index is 11.6. The van der Waals surface area contributed by atoms with Crippen LogP contribution in [-0.2, 0) is 10.0 Å². The molecular weight excluding hydrogens is 298 g/mol. The largest absolute Gasteiger partial charge is 0.363 e. The van der Waals surface area contributed by atoms with Crippen LogP contribution in [0.1, 0.15) is 55.4 Å². The third-order valence-electron chi connectivity index (χ3n) is 3.61. The molecule has 0 unspecified atom stereocenters. The highest BCUT2D eigenvalue weighted by Crippen LogP contribution is 2.37. The zero-order chi connectivity index (χ0) is 17.4. The molecule has 0 spiro atoms. The summed E-state index contributed by atoms with van der Waals surface area (Å²) in [7, 11) is -3.40. The van der Waals surface area contributed by atoms with Gasteiger partial charge in [-0.1, -0.05) is 0 Å². The molecule has 128 valence electrons. The number of hydrogen-bond acceptors (Lipinski definition) is 4.